The average molecular weight is 328 g/mol. The summed E-state index contributed by atoms with van der Waals surface area (Å²) >= 11 is 12.1. The molecule has 0 aromatic heterocycles. The molecule has 112 valence electrons. The Kier molecular flexibility index (Phi) is 5.22. The molecule has 2 aromatic carbocycles. The average Bonchev–Trinajstić information content (AvgIpc) is 2.44. The Morgan fingerprint density at radius 2 is 1.86 bits per heavy atom. The molecule has 0 spiro atoms. The molecule has 0 radical (unpaired) electrons. The van der Waals surface area contributed by atoms with Crippen LogP contribution in [0.15, 0.2) is 36.4 Å². The second kappa shape index (κ2) is 6.75. The Bertz CT molecular complexity index is 648. The number of benzene rings is 2. The summed E-state index contributed by atoms with van der Waals surface area (Å²) in [6.07, 6.45) is -0.864. The van der Waals surface area contributed by atoms with E-state index in [0.29, 0.717) is 16.1 Å². The zero-order valence-corrected chi connectivity index (χ0v) is 13.0. The van der Waals surface area contributed by atoms with E-state index in [1.165, 1.54) is 12.1 Å². The maximum Gasteiger partial charge on any atom is 0.124 e. The molecule has 0 aliphatic rings. The van der Waals surface area contributed by atoms with Crippen LogP contribution in [0.2, 0.25) is 10.0 Å². The Labute approximate surface area is 133 Å². The predicted octanol–water partition coefficient (Wildman–Crippen LogP) is 4.22. The maximum absolute atomic E-state index is 13.2. The zero-order valence-electron chi connectivity index (χ0n) is 11.5. The number of aliphatic hydroxyl groups excluding tert-OH is 1. The summed E-state index contributed by atoms with van der Waals surface area (Å²) in [6.45, 7) is 2.06. The molecule has 2 nitrogen and oxygen atoms in total. The van der Waals surface area contributed by atoms with E-state index in [9.17, 15) is 9.50 Å². The first kappa shape index (κ1) is 16.2. The minimum Gasteiger partial charge on any atom is -0.388 e. The second-order valence-electron chi connectivity index (χ2n) is 4.95. The van der Waals surface area contributed by atoms with Gasteiger partial charge in [0.1, 0.15) is 5.82 Å². The van der Waals surface area contributed by atoms with Crippen LogP contribution in [-0.2, 0) is 0 Å². The van der Waals surface area contributed by atoms with Crippen LogP contribution in [0.4, 0.5) is 4.39 Å². The summed E-state index contributed by atoms with van der Waals surface area (Å²) in [7, 11) is 0. The quantitative estimate of drug-likeness (QED) is 0.883. The normalized spacial score (nSPS) is 14.0. The Morgan fingerprint density at radius 3 is 2.48 bits per heavy atom. The van der Waals surface area contributed by atoms with Crippen molar-refractivity contribution >= 4 is 23.2 Å². The minimum absolute atomic E-state index is 0.179. The van der Waals surface area contributed by atoms with Crippen LogP contribution in [0.3, 0.4) is 0 Å². The Hall–Kier alpha value is -1.13. The molecule has 0 aliphatic carbocycles. The number of halogens is 3. The lowest BCUT2D eigenvalue weighted by Gasteiger charge is -2.24. The van der Waals surface area contributed by atoms with Gasteiger partial charge < -0.3 is 10.8 Å². The fourth-order valence-electron chi connectivity index (χ4n) is 2.37. The Balaban J connectivity index is 2.43. The van der Waals surface area contributed by atoms with Crippen molar-refractivity contribution < 1.29 is 9.50 Å². The first-order valence-corrected chi connectivity index (χ1v) is 7.28. The number of hydrogen-bond donors (Lipinski definition) is 2. The van der Waals surface area contributed by atoms with E-state index in [-0.39, 0.29) is 11.6 Å². The number of rotatable bonds is 4. The van der Waals surface area contributed by atoms with Gasteiger partial charge in [0.05, 0.1) is 6.10 Å². The summed E-state index contributed by atoms with van der Waals surface area (Å²) in [5.41, 5.74) is 8.01. The summed E-state index contributed by atoms with van der Waals surface area (Å²) < 4.78 is 13.2. The van der Waals surface area contributed by atoms with Crippen molar-refractivity contribution in [3.05, 3.63) is 69.0 Å². The molecule has 2 unspecified atom stereocenters. The van der Waals surface area contributed by atoms with Gasteiger partial charge in [0.15, 0.2) is 0 Å². The molecule has 0 fully saturated rings. The van der Waals surface area contributed by atoms with E-state index in [0.717, 1.165) is 5.56 Å². The SMILES string of the molecule is Cc1ccc(Cl)cc1C(O)C(CN)c1ccc(F)cc1Cl. The van der Waals surface area contributed by atoms with E-state index < -0.39 is 17.8 Å². The van der Waals surface area contributed by atoms with Crippen molar-refractivity contribution in [1.82, 2.24) is 0 Å². The molecule has 0 amide bonds. The third kappa shape index (κ3) is 3.55. The van der Waals surface area contributed by atoms with Crippen molar-refractivity contribution in [3.8, 4) is 0 Å². The minimum atomic E-state index is -0.864. The highest BCUT2D eigenvalue weighted by atomic mass is 35.5. The molecule has 21 heavy (non-hydrogen) atoms. The van der Waals surface area contributed by atoms with Gasteiger partial charge in [0, 0.05) is 22.5 Å². The zero-order chi connectivity index (χ0) is 15.6. The lowest BCUT2D eigenvalue weighted by atomic mass is 9.87. The van der Waals surface area contributed by atoms with Gasteiger partial charge in [-0.1, -0.05) is 35.3 Å². The molecule has 2 atom stereocenters. The molecule has 3 N–H and O–H groups in total. The molecule has 2 aromatic rings. The standard InChI is InChI=1S/C16H16Cl2FNO/c1-9-2-3-10(17)6-13(9)16(21)14(8-20)12-5-4-11(19)7-15(12)18/h2-7,14,16,21H,8,20H2,1H3. The van der Waals surface area contributed by atoms with E-state index in [2.05, 4.69) is 0 Å². The number of aliphatic hydroxyl groups is 1. The fourth-order valence-corrected chi connectivity index (χ4v) is 2.86. The van der Waals surface area contributed by atoms with Gasteiger partial charge in [-0.3, -0.25) is 0 Å². The number of nitrogens with two attached hydrogens (primary N) is 1. The smallest absolute Gasteiger partial charge is 0.124 e. The van der Waals surface area contributed by atoms with Gasteiger partial charge in [-0.05, 0) is 47.9 Å². The number of hydrogen-bond acceptors (Lipinski definition) is 2. The second-order valence-corrected chi connectivity index (χ2v) is 5.80. The summed E-state index contributed by atoms with van der Waals surface area (Å²) in [4.78, 5) is 0. The molecule has 0 heterocycles. The van der Waals surface area contributed by atoms with Crippen LogP contribution >= 0.6 is 23.2 Å². The third-order valence-corrected chi connectivity index (χ3v) is 4.12. The molecule has 0 bridgehead atoms. The van der Waals surface area contributed by atoms with Crippen LogP contribution in [0.1, 0.15) is 28.7 Å². The van der Waals surface area contributed by atoms with Crippen molar-refractivity contribution in [2.75, 3.05) is 6.54 Å². The largest absolute Gasteiger partial charge is 0.388 e. The monoisotopic (exact) mass is 327 g/mol. The van der Waals surface area contributed by atoms with Gasteiger partial charge in [0.25, 0.3) is 0 Å². The lowest BCUT2D eigenvalue weighted by molar-refractivity contribution is 0.147. The summed E-state index contributed by atoms with van der Waals surface area (Å²) in [5.74, 6) is -0.858. The lowest BCUT2D eigenvalue weighted by Crippen LogP contribution is -2.21. The fraction of sp³-hybridized carbons (Fsp3) is 0.250. The first-order valence-electron chi connectivity index (χ1n) is 6.53. The van der Waals surface area contributed by atoms with Crippen LogP contribution in [0, 0.1) is 12.7 Å². The highest BCUT2D eigenvalue weighted by molar-refractivity contribution is 6.31. The summed E-state index contributed by atoms with van der Waals surface area (Å²) in [6, 6.07) is 9.38. The van der Waals surface area contributed by atoms with Crippen LogP contribution < -0.4 is 5.73 Å². The van der Waals surface area contributed by atoms with Crippen LogP contribution in [0.5, 0.6) is 0 Å². The van der Waals surface area contributed by atoms with Gasteiger partial charge in [-0.25, -0.2) is 4.39 Å². The van der Waals surface area contributed by atoms with E-state index in [1.807, 2.05) is 13.0 Å². The van der Waals surface area contributed by atoms with E-state index in [1.54, 1.807) is 18.2 Å². The first-order chi connectivity index (χ1) is 9.93. The van der Waals surface area contributed by atoms with Gasteiger partial charge in [-0.2, -0.15) is 0 Å². The molecule has 5 heteroatoms. The van der Waals surface area contributed by atoms with Crippen molar-refractivity contribution in [1.29, 1.82) is 0 Å². The van der Waals surface area contributed by atoms with Crippen molar-refractivity contribution in [2.24, 2.45) is 5.73 Å². The highest BCUT2D eigenvalue weighted by Crippen LogP contribution is 2.36. The molecule has 0 saturated heterocycles. The Morgan fingerprint density at radius 1 is 1.14 bits per heavy atom. The third-order valence-electron chi connectivity index (χ3n) is 3.56. The molecular weight excluding hydrogens is 312 g/mol. The maximum atomic E-state index is 13.2. The molecule has 0 aliphatic heterocycles. The highest BCUT2D eigenvalue weighted by Gasteiger charge is 2.25. The van der Waals surface area contributed by atoms with Crippen LogP contribution in [-0.4, -0.2) is 11.7 Å². The summed E-state index contributed by atoms with van der Waals surface area (Å²) in [5, 5.41) is 11.4. The van der Waals surface area contributed by atoms with Crippen molar-refractivity contribution in [3.63, 3.8) is 0 Å². The van der Waals surface area contributed by atoms with E-state index >= 15 is 0 Å². The molecular formula is C16H16Cl2FNO. The van der Waals surface area contributed by atoms with Gasteiger partial charge in [-0.15, -0.1) is 0 Å². The van der Waals surface area contributed by atoms with Gasteiger partial charge >= 0.3 is 0 Å². The van der Waals surface area contributed by atoms with Crippen molar-refractivity contribution in [2.45, 2.75) is 18.9 Å². The molecule has 0 saturated carbocycles. The topological polar surface area (TPSA) is 46.2 Å². The van der Waals surface area contributed by atoms with Gasteiger partial charge in [0.2, 0.25) is 0 Å². The molecule has 2 rings (SSSR count). The van der Waals surface area contributed by atoms with E-state index in [4.69, 9.17) is 28.9 Å². The van der Waals surface area contributed by atoms with Crippen LogP contribution in [0.25, 0.3) is 0 Å². The number of aryl methyl sites for hydroxylation is 1. The predicted molar refractivity (Wildman–Crippen MR) is 84.4 cm³/mol.